The molecule has 0 bridgehead atoms. The van der Waals surface area contributed by atoms with Crippen molar-refractivity contribution in [3.63, 3.8) is 0 Å². The summed E-state index contributed by atoms with van der Waals surface area (Å²) in [5, 5.41) is 2.17. The highest BCUT2D eigenvalue weighted by Crippen LogP contribution is 2.49. The minimum absolute atomic E-state index is 0.0606. The van der Waals surface area contributed by atoms with Crippen LogP contribution in [0.25, 0.3) is 0 Å². The first-order valence-electron chi connectivity index (χ1n) is 7.01. The minimum Gasteiger partial charge on any atom is -0.300 e. The largest absolute Gasteiger partial charge is 0.300 e. The van der Waals surface area contributed by atoms with Crippen LogP contribution in [0.2, 0.25) is 20.1 Å². The summed E-state index contributed by atoms with van der Waals surface area (Å²) in [5.74, 6) is 0.232. The fourth-order valence-electron chi connectivity index (χ4n) is 2.61. The normalized spacial score (nSPS) is 21.5. The van der Waals surface area contributed by atoms with Crippen LogP contribution in [-0.4, -0.2) is 5.78 Å². The van der Waals surface area contributed by atoms with Crippen molar-refractivity contribution in [3.05, 3.63) is 67.6 Å². The number of hydrogen-bond acceptors (Lipinski definition) is 2. The Morgan fingerprint density at radius 3 is 1.57 bits per heavy atom. The molecule has 1 nitrogen and oxygen atoms in total. The van der Waals surface area contributed by atoms with Crippen molar-refractivity contribution in [1.82, 2.24) is 0 Å². The lowest BCUT2D eigenvalue weighted by Gasteiger charge is -2.29. The SMILES string of the molecule is O=C1C[C@@H](c2ccc(Cl)c(Cl)c2)S[C@@H](c2ccc(Cl)c(Cl)c2)C1. The Morgan fingerprint density at radius 1 is 0.739 bits per heavy atom. The van der Waals surface area contributed by atoms with Crippen LogP contribution in [-0.2, 0) is 4.79 Å². The van der Waals surface area contributed by atoms with E-state index in [1.54, 1.807) is 23.9 Å². The molecular weight excluding hydrogens is 394 g/mol. The van der Waals surface area contributed by atoms with E-state index in [2.05, 4.69) is 0 Å². The second-order valence-electron chi connectivity index (χ2n) is 5.41. The Morgan fingerprint density at radius 2 is 1.17 bits per heavy atom. The molecule has 1 fully saturated rings. The van der Waals surface area contributed by atoms with E-state index < -0.39 is 0 Å². The Labute approximate surface area is 159 Å². The van der Waals surface area contributed by atoms with Crippen LogP contribution < -0.4 is 0 Å². The van der Waals surface area contributed by atoms with Crippen molar-refractivity contribution in [2.75, 3.05) is 0 Å². The lowest BCUT2D eigenvalue weighted by molar-refractivity contribution is -0.119. The molecule has 0 aliphatic carbocycles. The second kappa shape index (κ2) is 7.25. The average Bonchev–Trinajstić information content (AvgIpc) is 2.52. The molecule has 2 atom stereocenters. The van der Waals surface area contributed by atoms with Crippen molar-refractivity contribution in [2.45, 2.75) is 23.3 Å². The van der Waals surface area contributed by atoms with Crippen molar-refractivity contribution >= 4 is 63.9 Å². The summed E-state index contributed by atoms with van der Waals surface area (Å²) in [6.45, 7) is 0. The van der Waals surface area contributed by atoms with Crippen LogP contribution in [0, 0.1) is 0 Å². The fourth-order valence-corrected chi connectivity index (χ4v) is 4.79. The average molecular weight is 406 g/mol. The lowest BCUT2D eigenvalue weighted by Crippen LogP contribution is -2.16. The van der Waals surface area contributed by atoms with Gasteiger partial charge in [0.15, 0.2) is 0 Å². The van der Waals surface area contributed by atoms with Gasteiger partial charge in [-0.05, 0) is 35.4 Å². The summed E-state index contributed by atoms with van der Waals surface area (Å²) in [4.78, 5) is 12.2. The minimum atomic E-state index is 0.0606. The summed E-state index contributed by atoms with van der Waals surface area (Å²) >= 11 is 25.9. The van der Waals surface area contributed by atoms with Crippen LogP contribution in [0.1, 0.15) is 34.5 Å². The van der Waals surface area contributed by atoms with Gasteiger partial charge in [-0.1, -0.05) is 58.5 Å². The van der Waals surface area contributed by atoms with Gasteiger partial charge in [0.25, 0.3) is 0 Å². The summed E-state index contributed by atoms with van der Waals surface area (Å²) in [6, 6.07) is 11.1. The number of carbonyl (C=O) groups excluding carboxylic acids is 1. The lowest BCUT2D eigenvalue weighted by atomic mass is 10.0. The molecule has 1 aliphatic heterocycles. The molecule has 0 spiro atoms. The number of Topliss-reactive ketones (excluding diaryl/α,β-unsaturated/α-hetero) is 1. The second-order valence-corrected chi connectivity index (χ2v) is 8.45. The maximum Gasteiger partial charge on any atom is 0.135 e. The number of thioether (sulfide) groups is 1. The molecule has 0 N–H and O–H groups in total. The number of carbonyl (C=O) groups is 1. The van der Waals surface area contributed by atoms with Crippen LogP contribution >= 0.6 is 58.2 Å². The van der Waals surface area contributed by atoms with Gasteiger partial charge >= 0.3 is 0 Å². The van der Waals surface area contributed by atoms with Crippen LogP contribution in [0.15, 0.2) is 36.4 Å². The van der Waals surface area contributed by atoms with Crippen LogP contribution in [0.3, 0.4) is 0 Å². The molecule has 0 saturated carbocycles. The number of halogens is 4. The molecule has 2 aromatic rings. The molecule has 3 rings (SSSR count). The molecule has 1 saturated heterocycles. The Balaban J connectivity index is 1.87. The number of hydrogen-bond donors (Lipinski definition) is 0. The summed E-state index contributed by atoms with van der Waals surface area (Å²) in [7, 11) is 0. The maximum absolute atomic E-state index is 12.2. The topological polar surface area (TPSA) is 17.1 Å². The smallest absolute Gasteiger partial charge is 0.135 e. The highest BCUT2D eigenvalue weighted by molar-refractivity contribution is 7.99. The van der Waals surface area contributed by atoms with Crippen molar-refractivity contribution in [2.24, 2.45) is 0 Å². The molecule has 23 heavy (non-hydrogen) atoms. The third-order valence-electron chi connectivity index (χ3n) is 3.79. The zero-order chi connectivity index (χ0) is 16.6. The van der Waals surface area contributed by atoms with E-state index in [9.17, 15) is 4.79 Å². The van der Waals surface area contributed by atoms with Gasteiger partial charge in [0.1, 0.15) is 5.78 Å². The highest BCUT2D eigenvalue weighted by Gasteiger charge is 2.30. The van der Waals surface area contributed by atoms with Gasteiger partial charge < -0.3 is 0 Å². The van der Waals surface area contributed by atoms with Gasteiger partial charge in [0, 0.05) is 23.3 Å². The molecule has 2 aromatic carbocycles. The van der Waals surface area contributed by atoms with Crippen molar-refractivity contribution in [3.8, 4) is 0 Å². The zero-order valence-electron chi connectivity index (χ0n) is 11.9. The van der Waals surface area contributed by atoms with E-state index >= 15 is 0 Å². The van der Waals surface area contributed by atoms with E-state index in [0.29, 0.717) is 32.9 Å². The van der Waals surface area contributed by atoms with Gasteiger partial charge in [-0.25, -0.2) is 0 Å². The summed E-state index contributed by atoms with van der Waals surface area (Å²) < 4.78 is 0. The predicted molar refractivity (Wildman–Crippen MR) is 100 cm³/mol. The molecule has 1 heterocycles. The summed E-state index contributed by atoms with van der Waals surface area (Å²) in [6.07, 6.45) is 1.00. The molecule has 6 heteroatoms. The van der Waals surface area contributed by atoms with Gasteiger partial charge in [0.2, 0.25) is 0 Å². The van der Waals surface area contributed by atoms with E-state index in [0.717, 1.165) is 11.1 Å². The monoisotopic (exact) mass is 404 g/mol. The number of rotatable bonds is 2. The van der Waals surface area contributed by atoms with Crippen molar-refractivity contribution < 1.29 is 4.79 Å². The van der Waals surface area contributed by atoms with Gasteiger partial charge in [-0.3, -0.25) is 4.79 Å². The van der Waals surface area contributed by atoms with Crippen LogP contribution in [0.5, 0.6) is 0 Å². The first kappa shape index (κ1) is 17.4. The molecule has 0 aromatic heterocycles. The Kier molecular flexibility index (Phi) is 5.49. The molecular formula is C17H12Cl4OS. The summed E-state index contributed by atoms with van der Waals surface area (Å²) in [5.41, 5.74) is 2.03. The predicted octanol–water partition coefficient (Wildman–Crippen LogP) is 7.18. The number of benzene rings is 2. The third kappa shape index (κ3) is 4.00. The van der Waals surface area contributed by atoms with E-state index in [1.165, 1.54) is 0 Å². The van der Waals surface area contributed by atoms with Crippen LogP contribution in [0.4, 0.5) is 0 Å². The van der Waals surface area contributed by atoms with E-state index in [4.69, 9.17) is 46.4 Å². The standard InChI is InChI=1S/C17H12Cl4OS/c18-12-3-1-9(5-14(12)20)16-7-11(22)8-17(23-16)10-2-4-13(19)15(21)6-10/h1-6,16-17H,7-8H2/t16-,17+. The van der Waals surface area contributed by atoms with Gasteiger partial charge in [0.05, 0.1) is 20.1 Å². The fraction of sp³-hybridized carbons (Fsp3) is 0.235. The van der Waals surface area contributed by atoms with Gasteiger partial charge in [-0.2, -0.15) is 0 Å². The van der Waals surface area contributed by atoms with E-state index in [1.807, 2.05) is 24.3 Å². The first-order chi connectivity index (χ1) is 10.9. The van der Waals surface area contributed by atoms with E-state index in [-0.39, 0.29) is 16.3 Å². The van der Waals surface area contributed by atoms with Crippen molar-refractivity contribution in [1.29, 1.82) is 0 Å². The first-order valence-corrected chi connectivity index (χ1v) is 9.46. The molecule has 120 valence electrons. The Hall–Kier alpha value is -0.380. The number of ketones is 1. The zero-order valence-corrected chi connectivity index (χ0v) is 15.7. The highest BCUT2D eigenvalue weighted by atomic mass is 35.5. The molecule has 0 unspecified atom stereocenters. The third-order valence-corrected chi connectivity index (χ3v) is 6.80. The maximum atomic E-state index is 12.2. The quantitative estimate of drug-likeness (QED) is 0.526. The molecule has 0 amide bonds. The van der Waals surface area contributed by atoms with Gasteiger partial charge in [-0.15, -0.1) is 11.8 Å². The Bertz CT molecular complexity index is 701. The molecule has 1 aliphatic rings. The molecule has 0 radical (unpaired) electrons.